The van der Waals surface area contributed by atoms with E-state index >= 15 is 0 Å². The molecule has 0 aromatic heterocycles. The van der Waals surface area contributed by atoms with Crippen molar-refractivity contribution in [2.75, 3.05) is 7.05 Å². The van der Waals surface area contributed by atoms with E-state index in [2.05, 4.69) is 54.3 Å². The molecule has 0 aromatic carbocycles. The third-order valence-corrected chi connectivity index (χ3v) is 11.6. The predicted molar refractivity (Wildman–Crippen MR) is 131 cm³/mol. The average Bonchev–Trinajstić information content (AvgIpc) is 3.12. The molecule has 0 radical (unpaired) electrons. The number of rotatable bonds is 5. The molecule has 10 atom stereocenters. The first-order valence-electron chi connectivity index (χ1n) is 13.1. The Morgan fingerprint density at radius 3 is 2.47 bits per heavy atom. The van der Waals surface area contributed by atoms with Gasteiger partial charge in [0.15, 0.2) is 0 Å². The molecule has 0 saturated heterocycles. The van der Waals surface area contributed by atoms with E-state index in [4.69, 9.17) is 4.99 Å². The van der Waals surface area contributed by atoms with Crippen LogP contribution in [0.1, 0.15) is 99.3 Å². The van der Waals surface area contributed by atoms with Crippen LogP contribution in [0.4, 0.5) is 0 Å². The maximum Gasteiger partial charge on any atom is 0.0273 e. The lowest BCUT2D eigenvalue weighted by Gasteiger charge is -2.53. The van der Waals surface area contributed by atoms with Gasteiger partial charge in [0.25, 0.3) is 0 Å². The predicted octanol–water partition coefficient (Wildman–Crippen LogP) is 8.20. The van der Waals surface area contributed by atoms with Crippen molar-refractivity contribution in [3.63, 3.8) is 0 Å². The zero-order chi connectivity index (χ0) is 21.9. The first-order valence-corrected chi connectivity index (χ1v) is 13.1. The average molecular weight is 412 g/mol. The van der Waals surface area contributed by atoms with Gasteiger partial charge in [-0.25, -0.2) is 0 Å². The highest BCUT2D eigenvalue weighted by molar-refractivity contribution is 5.64. The molecule has 1 nitrogen and oxygen atoms in total. The first kappa shape index (κ1) is 22.6. The normalized spacial score (nSPS) is 51.4. The van der Waals surface area contributed by atoms with Crippen LogP contribution < -0.4 is 0 Å². The summed E-state index contributed by atoms with van der Waals surface area (Å²) in [4.78, 5) is 4.71. The molecule has 0 N–H and O–H groups in total. The quantitative estimate of drug-likeness (QED) is 0.319. The molecule has 0 bridgehead atoms. The van der Waals surface area contributed by atoms with Crippen LogP contribution in [0.2, 0.25) is 0 Å². The summed E-state index contributed by atoms with van der Waals surface area (Å²) >= 11 is 0. The zero-order valence-corrected chi connectivity index (χ0v) is 21.1. The maximum atomic E-state index is 4.71. The number of nitrogens with zero attached hydrogens (tertiary/aromatic N) is 1. The van der Waals surface area contributed by atoms with Gasteiger partial charge in [0.05, 0.1) is 0 Å². The Morgan fingerprint density at radius 2 is 1.80 bits per heavy atom. The molecule has 0 aromatic rings. The number of hydrogen-bond donors (Lipinski definition) is 0. The van der Waals surface area contributed by atoms with Gasteiger partial charge in [0, 0.05) is 19.2 Å². The summed E-state index contributed by atoms with van der Waals surface area (Å²) in [5, 5.41) is 0. The molecule has 170 valence electrons. The van der Waals surface area contributed by atoms with Crippen LogP contribution in [0.5, 0.6) is 0 Å². The van der Waals surface area contributed by atoms with Crippen LogP contribution >= 0.6 is 0 Å². The Hall–Kier alpha value is -0.590. The Kier molecular flexibility index (Phi) is 5.85. The molecule has 4 saturated carbocycles. The van der Waals surface area contributed by atoms with Crippen molar-refractivity contribution in [1.82, 2.24) is 0 Å². The molecule has 0 amide bonds. The minimum absolute atomic E-state index is 0.439. The van der Waals surface area contributed by atoms with Crippen LogP contribution in [0.25, 0.3) is 0 Å². The Morgan fingerprint density at radius 1 is 1.07 bits per heavy atom. The van der Waals surface area contributed by atoms with Crippen molar-refractivity contribution >= 4 is 6.21 Å². The molecule has 30 heavy (non-hydrogen) atoms. The summed E-state index contributed by atoms with van der Waals surface area (Å²) in [5.41, 5.74) is 2.86. The highest BCUT2D eigenvalue weighted by Crippen LogP contribution is 2.76. The summed E-state index contributed by atoms with van der Waals surface area (Å²) in [7, 11) is 2.03. The summed E-state index contributed by atoms with van der Waals surface area (Å²) in [6.07, 6.45) is 15.1. The molecular weight excluding hydrogens is 362 g/mol. The number of aliphatic imine (C=N–C) groups is 1. The van der Waals surface area contributed by atoms with E-state index < -0.39 is 0 Å². The molecule has 1 heteroatoms. The van der Waals surface area contributed by atoms with Crippen LogP contribution in [0.3, 0.4) is 0 Å². The van der Waals surface area contributed by atoms with Gasteiger partial charge in [-0.1, -0.05) is 46.6 Å². The lowest BCUT2D eigenvalue weighted by Crippen LogP contribution is -2.46. The van der Waals surface area contributed by atoms with E-state index in [0.717, 1.165) is 35.5 Å². The molecule has 4 rings (SSSR count). The maximum absolute atomic E-state index is 4.71. The summed E-state index contributed by atoms with van der Waals surface area (Å²) in [6.45, 7) is 19.5. The smallest absolute Gasteiger partial charge is 0.0273 e. The van der Waals surface area contributed by atoms with E-state index in [9.17, 15) is 0 Å². The van der Waals surface area contributed by atoms with E-state index in [0.29, 0.717) is 22.2 Å². The monoisotopic (exact) mass is 411 g/mol. The molecule has 4 fully saturated rings. The van der Waals surface area contributed by atoms with Gasteiger partial charge in [-0.05, 0) is 110 Å². The number of allylic oxidation sites excluding steroid dienone is 1. The molecule has 4 aliphatic rings. The van der Waals surface area contributed by atoms with Crippen molar-refractivity contribution < 1.29 is 0 Å². The molecule has 4 aliphatic carbocycles. The van der Waals surface area contributed by atoms with E-state index in [1.54, 1.807) is 0 Å². The van der Waals surface area contributed by atoms with Crippen molar-refractivity contribution in [2.45, 2.75) is 99.3 Å². The Balaban J connectivity index is 1.67. The second kappa shape index (κ2) is 7.77. The number of hydrogen-bond acceptors (Lipinski definition) is 1. The van der Waals surface area contributed by atoms with Crippen molar-refractivity contribution in [1.29, 1.82) is 0 Å². The van der Waals surface area contributed by atoms with Crippen LogP contribution in [0.15, 0.2) is 17.1 Å². The van der Waals surface area contributed by atoms with E-state index in [1.165, 1.54) is 63.4 Å². The van der Waals surface area contributed by atoms with Gasteiger partial charge in [-0.15, -0.1) is 6.58 Å². The van der Waals surface area contributed by atoms with Crippen LogP contribution in [-0.4, -0.2) is 13.3 Å². The van der Waals surface area contributed by atoms with Gasteiger partial charge < -0.3 is 4.99 Å². The van der Waals surface area contributed by atoms with Crippen molar-refractivity contribution in [2.24, 2.45) is 62.7 Å². The lowest BCUT2D eigenvalue weighted by molar-refractivity contribution is -0.0452. The second-order valence-corrected chi connectivity index (χ2v) is 13.1. The number of fused-ring (bicyclic) bond motifs is 5. The Labute approximate surface area is 187 Å². The lowest BCUT2D eigenvalue weighted by atomic mass is 9.51. The minimum Gasteiger partial charge on any atom is -0.301 e. The van der Waals surface area contributed by atoms with Gasteiger partial charge in [0.2, 0.25) is 0 Å². The van der Waals surface area contributed by atoms with Gasteiger partial charge in [-0.2, -0.15) is 0 Å². The SMILES string of the molecule is C=C(C)CCC(C)C1CCC2C3C(C=NC)C4(C)CC(C)CCC4(C)C3CCC12C. The van der Waals surface area contributed by atoms with Gasteiger partial charge >= 0.3 is 0 Å². The standard InChI is InChI=1S/C29H49N/c1-19(2)9-10-21(4)22-11-12-23-26-24(14-15-27(22,23)5)28(6)16-13-20(3)17-29(28,7)25(26)18-30-8/h18,20-26H,1,9-17H2,2-8H3. The highest BCUT2D eigenvalue weighted by Gasteiger charge is 2.70. The molecule has 0 aliphatic heterocycles. The van der Waals surface area contributed by atoms with Crippen molar-refractivity contribution in [3.05, 3.63) is 12.2 Å². The molecule has 10 unspecified atom stereocenters. The first-order chi connectivity index (χ1) is 14.1. The summed E-state index contributed by atoms with van der Waals surface area (Å²) in [5.74, 6) is 6.00. The fourth-order valence-electron chi connectivity index (χ4n) is 9.96. The molecular formula is C29H49N. The van der Waals surface area contributed by atoms with Crippen LogP contribution in [0, 0.1) is 57.7 Å². The second-order valence-electron chi connectivity index (χ2n) is 13.1. The topological polar surface area (TPSA) is 12.4 Å². The van der Waals surface area contributed by atoms with Crippen molar-refractivity contribution in [3.8, 4) is 0 Å². The van der Waals surface area contributed by atoms with Crippen LogP contribution in [-0.2, 0) is 0 Å². The third-order valence-electron chi connectivity index (χ3n) is 11.6. The van der Waals surface area contributed by atoms with E-state index in [1.807, 2.05) is 7.05 Å². The zero-order valence-electron chi connectivity index (χ0n) is 21.1. The third kappa shape index (κ3) is 3.11. The minimum atomic E-state index is 0.439. The van der Waals surface area contributed by atoms with Gasteiger partial charge in [0.1, 0.15) is 0 Å². The van der Waals surface area contributed by atoms with E-state index in [-0.39, 0.29) is 0 Å². The Bertz CT molecular complexity index is 692. The summed E-state index contributed by atoms with van der Waals surface area (Å²) < 4.78 is 0. The molecule has 0 heterocycles. The molecule has 0 spiro atoms. The van der Waals surface area contributed by atoms with Gasteiger partial charge in [-0.3, -0.25) is 0 Å². The highest BCUT2D eigenvalue weighted by atomic mass is 14.8. The fraction of sp³-hybridized carbons (Fsp3) is 0.897. The summed E-state index contributed by atoms with van der Waals surface area (Å²) in [6, 6.07) is 0. The largest absolute Gasteiger partial charge is 0.301 e. The fourth-order valence-corrected chi connectivity index (χ4v) is 9.96.